The van der Waals surface area contributed by atoms with Crippen LogP contribution in [0, 0.1) is 0 Å². The summed E-state index contributed by atoms with van der Waals surface area (Å²) in [5.41, 5.74) is 3.19. The highest BCUT2D eigenvalue weighted by atomic mass is 14.9. The first-order chi connectivity index (χ1) is 8.88. The Morgan fingerprint density at radius 2 is 2.11 bits per heavy atom. The third-order valence-corrected chi connectivity index (χ3v) is 2.91. The van der Waals surface area contributed by atoms with Gasteiger partial charge in [-0.1, -0.05) is 18.2 Å². The molecule has 2 N–H and O–H groups in total. The van der Waals surface area contributed by atoms with Crippen molar-refractivity contribution in [3.8, 4) is 11.3 Å². The van der Waals surface area contributed by atoms with E-state index in [1.807, 2.05) is 31.4 Å². The van der Waals surface area contributed by atoms with Gasteiger partial charge in [-0.15, -0.1) is 0 Å². The number of hydrogen-bond donors (Lipinski definition) is 2. The van der Waals surface area contributed by atoms with E-state index in [-0.39, 0.29) is 0 Å². The molecule has 1 aromatic carbocycles. The third-order valence-electron chi connectivity index (χ3n) is 2.91. The summed E-state index contributed by atoms with van der Waals surface area (Å²) in [7, 11) is 1.89. The van der Waals surface area contributed by atoms with Gasteiger partial charge in [0.25, 0.3) is 0 Å². The van der Waals surface area contributed by atoms with Crippen LogP contribution in [0.15, 0.2) is 42.7 Å². The zero-order valence-electron chi connectivity index (χ0n) is 10.1. The average molecular weight is 238 g/mol. The van der Waals surface area contributed by atoms with E-state index in [0.717, 1.165) is 22.6 Å². The minimum absolute atomic E-state index is 0.677. The van der Waals surface area contributed by atoms with Crippen molar-refractivity contribution >= 4 is 10.9 Å². The maximum Gasteiger partial charge on any atom is 0.142 e. The first-order valence-corrected chi connectivity index (χ1v) is 5.91. The second kappa shape index (κ2) is 4.58. The van der Waals surface area contributed by atoms with Crippen LogP contribution in [0.5, 0.6) is 0 Å². The fraction of sp³-hybridized carbons (Fsp3) is 0.143. The summed E-state index contributed by atoms with van der Waals surface area (Å²) in [4.78, 5) is 12.1. The fourth-order valence-electron chi connectivity index (χ4n) is 2.08. The molecule has 3 rings (SSSR count). The predicted molar refractivity (Wildman–Crippen MR) is 72.1 cm³/mol. The molecule has 90 valence electrons. The highest BCUT2D eigenvalue weighted by molar-refractivity contribution is 5.94. The Balaban J connectivity index is 2.11. The van der Waals surface area contributed by atoms with Crippen LogP contribution in [0.1, 0.15) is 5.82 Å². The standard InChI is InChI=1S/C14H14N4/c1-15-9-14-16-7-6-13(18-14)11-8-17-12-5-3-2-4-10(11)12/h2-8,15,17H,9H2,1H3. The fourth-order valence-corrected chi connectivity index (χ4v) is 2.08. The Labute approximate surface area is 105 Å². The van der Waals surface area contributed by atoms with E-state index in [4.69, 9.17) is 0 Å². The molecular formula is C14H14N4. The van der Waals surface area contributed by atoms with Crippen LogP contribution in [0.4, 0.5) is 0 Å². The lowest BCUT2D eigenvalue weighted by Crippen LogP contribution is -2.08. The Morgan fingerprint density at radius 1 is 1.22 bits per heavy atom. The van der Waals surface area contributed by atoms with E-state index in [9.17, 15) is 0 Å². The monoisotopic (exact) mass is 238 g/mol. The minimum atomic E-state index is 0.677. The number of nitrogens with one attached hydrogen (secondary N) is 2. The van der Waals surface area contributed by atoms with Crippen LogP contribution in [0.3, 0.4) is 0 Å². The second-order valence-corrected chi connectivity index (χ2v) is 4.14. The average Bonchev–Trinajstić information content (AvgIpc) is 2.83. The van der Waals surface area contributed by atoms with Gasteiger partial charge in [0, 0.05) is 28.9 Å². The van der Waals surface area contributed by atoms with Gasteiger partial charge in [0.05, 0.1) is 12.2 Å². The van der Waals surface area contributed by atoms with Crippen molar-refractivity contribution in [2.24, 2.45) is 0 Å². The molecule has 2 heterocycles. The maximum absolute atomic E-state index is 4.56. The van der Waals surface area contributed by atoms with Crippen LogP contribution in [0.25, 0.3) is 22.2 Å². The van der Waals surface area contributed by atoms with Gasteiger partial charge >= 0.3 is 0 Å². The van der Waals surface area contributed by atoms with Crippen molar-refractivity contribution in [3.63, 3.8) is 0 Å². The minimum Gasteiger partial charge on any atom is -0.360 e. The summed E-state index contributed by atoms with van der Waals surface area (Å²) in [6, 6.07) is 10.2. The zero-order valence-corrected chi connectivity index (χ0v) is 10.1. The number of nitrogens with zero attached hydrogens (tertiary/aromatic N) is 2. The van der Waals surface area contributed by atoms with Gasteiger partial charge in [-0.05, 0) is 19.2 Å². The quantitative estimate of drug-likeness (QED) is 0.736. The van der Waals surface area contributed by atoms with E-state index in [0.29, 0.717) is 6.54 Å². The van der Waals surface area contributed by atoms with Gasteiger partial charge in [0.1, 0.15) is 5.82 Å². The van der Waals surface area contributed by atoms with Gasteiger partial charge in [-0.2, -0.15) is 0 Å². The molecule has 0 unspecified atom stereocenters. The molecule has 0 radical (unpaired) electrons. The molecule has 4 nitrogen and oxygen atoms in total. The topological polar surface area (TPSA) is 53.6 Å². The predicted octanol–water partition coefficient (Wildman–Crippen LogP) is 2.34. The normalized spacial score (nSPS) is 10.9. The molecule has 0 saturated carbocycles. The highest BCUT2D eigenvalue weighted by Gasteiger charge is 2.07. The highest BCUT2D eigenvalue weighted by Crippen LogP contribution is 2.26. The summed E-state index contributed by atoms with van der Waals surface area (Å²) in [6.45, 7) is 0.677. The lowest BCUT2D eigenvalue weighted by Gasteiger charge is -2.02. The second-order valence-electron chi connectivity index (χ2n) is 4.14. The summed E-state index contributed by atoms with van der Waals surface area (Å²) in [6.07, 6.45) is 3.80. The van der Waals surface area contributed by atoms with E-state index >= 15 is 0 Å². The van der Waals surface area contributed by atoms with Gasteiger partial charge < -0.3 is 10.3 Å². The molecule has 0 aliphatic carbocycles. The lowest BCUT2D eigenvalue weighted by atomic mass is 10.1. The van der Waals surface area contributed by atoms with E-state index in [2.05, 4.69) is 32.4 Å². The molecule has 0 spiro atoms. The molecule has 0 saturated heterocycles. The first kappa shape index (κ1) is 10.9. The molecule has 0 atom stereocenters. The van der Waals surface area contributed by atoms with Gasteiger partial charge in [-0.3, -0.25) is 0 Å². The summed E-state index contributed by atoms with van der Waals surface area (Å²) in [5.74, 6) is 0.806. The zero-order chi connectivity index (χ0) is 12.4. The first-order valence-electron chi connectivity index (χ1n) is 5.91. The molecule has 0 amide bonds. The Bertz CT molecular complexity index is 672. The summed E-state index contributed by atoms with van der Waals surface area (Å²) < 4.78 is 0. The molecule has 18 heavy (non-hydrogen) atoms. The number of aromatic amines is 1. The number of fused-ring (bicyclic) bond motifs is 1. The Hall–Kier alpha value is -2.20. The smallest absolute Gasteiger partial charge is 0.142 e. The molecule has 2 aromatic heterocycles. The van der Waals surface area contributed by atoms with Crippen molar-refractivity contribution < 1.29 is 0 Å². The maximum atomic E-state index is 4.56. The summed E-state index contributed by atoms with van der Waals surface area (Å²) >= 11 is 0. The largest absolute Gasteiger partial charge is 0.360 e. The van der Waals surface area contributed by atoms with E-state index < -0.39 is 0 Å². The van der Waals surface area contributed by atoms with Crippen molar-refractivity contribution in [2.45, 2.75) is 6.54 Å². The van der Waals surface area contributed by atoms with Crippen LogP contribution >= 0.6 is 0 Å². The number of H-pyrrole nitrogens is 1. The number of hydrogen-bond acceptors (Lipinski definition) is 3. The SMILES string of the molecule is CNCc1nccc(-c2c[nH]c3ccccc23)n1. The molecule has 0 aliphatic heterocycles. The molecule has 0 aliphatic rings. The van der Waals surface area contributed by atoms with E-state index in [1.54, 1.807) is 6.20 Å². The molecule has 4 heteroatoms. The Kier molecular flexibility index (Phi) is 2.78. The molecule has 0 bridgehead atoms. The summed E-state index contributed by atoms with van der Waals surface area (Å²) in [5, 5.41) is 4.25. The van der Waals surface area contributed by atoms with Crippen molar-refractivity contribution in [1.82, 2.24) is 20.3 Å². The number of benzene rings is 1. The van der Waals surface area contributed by atoms with Crippen molar-refractivity contribution in [3.05, 3.63) is 48.5 Å². The van der Waals surface area contributed by atoms with Gasteiger partial charge in [0.2, 0.25) is 0 Å². The van der Waals surface area contributed by atoms with Crippen LogP contribution in [-0.4, -0.2) is 22.0 Å². The third kappa shape index (κ3) is 1.87. The Morgan fingerprint density at radius 3 is 3.00 bits per heavy atom. The van der Waals surface area contributed by atoms with Gasteiger partial charge in [-0.25, -0.2) is 9.97 Å². The van der Waals surface area contributed by atoms with Crippen molar-refractivity contribution in [2.75, 3.05) is 7.05 Å². The van der Waals surface area contributed by atoms with Gasteiger partial charge in [0.15, 0.2) is 0 Å². The van der Waals surface area contributed by atoms with Crippen LogP contribution in [-0.2, 0) is 6.54 Å². The lowest BCUT2D eigenvalue weighted by molar-refractivity contribution is 0.759. The van der Waals surface area contributed by atoms with E-state index in [1.165, 1.54) is 5.39 Å². The molecular weight excluding hydrogens is 224 g/mol. The number of aromatic nitrogens is 3. The number of para-hydroxylation sites is 1. The van der Waals surface area contributed by atoms with Crippen LogP contribution < -0.4 is 5.32 Å². The van der Waals surface area contributed by atoms with Crippen LogP contribution in [0.2, 0.25) is 0 Å². The molecule has 0 fully saturated rings. The molecule has 3 aromatic rings. The van der Waals surface area contributed by atoms with Crippen molar-refractivity contribution in [1.29, 1.82) is 0 Å². The number of rotatable bonds is 3.